The van der Waals surface area contributed by atoms with Crippen molar-refractivity contribution < 1.29 is 9.18 Å². The van der Waals surface area contributed by atoms with Gasteiger partial charge in [-0.1, -0.05) is 11.6 Å². The van der Waals surface area contributed by atoms with Gasteiger partial charge in [0, 0.05) is 11.9 Å². The number of nitrogens with two attached hydrogens (primary N) is 1. The van der Waals surface area contributed by atoms with Crippen LogP contribution in [0.2, 0.25) is 5.02 Å². The molecule has 1 heterocycles. The van der Waals surface area contributed by atoms with E-state index in [-0.39, 0.29) is 16.4 Å². The van der Waals surface area contributed by atoms with E-state index in [0.29, 0.717) is 17.1 Å². The Labute approximate surface area is 114 Å². The highest BCUT2D eigenvalue weighted by Crippen LogP contribution is 2.24. The monoisotopic (exact) mass is 279 g/mol. The molecular formula is C13H11ClFN3O. The molecule has 0 radical (unpaired) electrons. The topological polar surface area (TPSA) is 68.0 Å². The third-order valence-corrected chi connectivity index (χ3v) is 2.83. The molecule has 1 aromatic heterocycles. The number of amides is 1. The van der Waals surface area contributed by atoms with Gasteiger partial charge in [0.1, 0.15) is 11.6 Å². The second kappa shape index (κ2) is 5.24. The van der Waals surface area contributed by atoms with Crippen molar-refractivity contribution in [2.75, 3.05) is 5.32 Å². The second-order valence-corrected chi connectivity index (χ2v) is 4.41. The number of anilines is 2. The van der Waals surface area contributed by atoms with Gasteiger partial charge in [0.05, 0.1) is 10.6 Å². The Bertz CT molecular complexity index is 646. The summed E-state index contributed by atoms with van der Waals surface area (Å²) in [6.45, 7) is 1.66. The van der Waals surface area contributed by atoms with E-state index in [1.807, 2.05) is 0 Å². The minimum atomic E-state index is -0.599. The Hall–Kier alpha value is -2.14. The number of carbonyl (C=O) groups is 1. The van der Waals surface area contributed by atoms with Gasteiger partial charge in [0.2, 0.25) is 5.91 Å². The summed E-state index contributed by atoms with van der Waals surface area (Å²) in [4.78, 5) is 15.0. The second-order valence-electron chi connectivity index (χ2n) is 4.01. The molecule has 0 aliphatic carbocycles. The standard InChI is InChI=1S/C13H11ClFN3O/c1-7-4-9(2-3-11(7)15)18-13-10(14)5-8(6-17-13)12(16)19/h2-6H,1H3,(H2,16,19)(H,17,18). The number of nitrogens with one attached hydrogen (secondary N) is 1. The Balaban J connectivity index is 2.28. The van der Waals surface area contributed by atoms with E-state index in [0.717, 1.165) is 0 Å². The molecule has 0 fully saturated rings. The molecule has 0 saturated carbocycles. The number of hydrogen-bond acceptors (Lipinski definition) is 3. The molecule has 0 unspecified atom stereocenters. The Morgan fingerprint density at radius 3 is 2.74 bits per heavy atom. The molecular weight excluding hydrogens is 269 g/mol. The van der Waals surface area contributed by atoms with E-state index < -0.39 is 5.91 Å². The molecule has 2 aromatic rings. The average Bonchev–Trinajstić information content (AvgIpc) is 2.36. The van der Waals surface area contributed by atoms with E-state index in [2.05, 4.69) is 10.3 Å². The number of hydrogen-bond donors (Lipinski definition) is 2. The van der Waals surface area contributed by atoms with Crippen molar-refractivity contribution >= 4 is 29.0 Å². The molecule has 1 aromatic carbocycles. The summed E-state index contributed by atoms with van der Waals surface area (Å²) in [7, 11) is 0. The first kappa shape index (κ1) is 13.3. The van der Waals surface area contributed by atoms with Crippen molar-refractivity contribution in [3.8, 4) is 0 Å². The summed E-state index contributed by atoms with van der Waals surface area (Å²) in [5, 5.41) is 3.21. The summed E-state index contributed by atoms with van der Waals surface area (Å²) in [5.74, 6) is -0.509. The maximum Gasteiger partial charge on any atom is 0.250 e. The van der Waals surface area contributed by atoms with Crippen molar-refractivity contribution in [2.45, 2.75) is 6.92 Å². The van der Waals surface area contributed by atoms with Gasteiger partial charge in [0.15, 0.2) is 0 Å². The number of aromatic nitrogens is 1. The molecule has 4 nitrogen and oxygen atoms in total. The van der Waals surface area contributed by atoms with Gasteiger partial charge in [-0.2, -0.15) is 0 Å². The Morgan fingerprint density at radius 2 is 2.16 bits per heavy atom. The summed E-state index contributed by atoms with van der Waals surface area (Å²) >= 11 is 5.99. The lowest BCUT2D eigenvalue weighted by atomic mass is 10.2. The molecule has 0 aliphatic rings. The zero-order valence-electron chi connectivity index (χ0n) is 10.1. The number of nitrogens with zero attached hydrogens (tertiary/aromatic N) is 1. The molecule has 3 N–H and O–H groups in total. The molecule has 1 amide bonds. The van der Waals surface area contributed by atoms with Crippen molar-refractivity contribution in [1.82, 2.24) is 4.98 Å². The fourth-order valence-electron chi connectivity index (χ4n) is 1.52. The van der Waals surface area contributed by atoms with Crippen molar-refractivity contribution in [3.63, 3.8) is 0 Å². The molecule has 0 spiro atoms. The van der Waals surface area contributed by atoms with Crippen LogP contribution in [0.3, 0.4) is 0 Å². The molecule has 0 aliphatic heterocycles. The van der Waals surface area contributed by atoms with E-state index in [1.165, 1.54) is 18.3 Å². The molecule has 98 valence electrons. The zero-order chi connectivity index (χ0) is 14.0. The van der Waals surface area contributed by atoms with E-state index in [1.54, 1.807) is 19.1 Å². The predicted octanol–water partition coefficient (Wildman–Crippen LogP) is 3.03. The van der Waals surface area contributed by atoms with Crippen LogP contribution in [-0.2, 0) is 0 Å². The normalized spacial score (nSPS) is 10.3. The van der Waals surface area contributed by atoms with Crippen LogP contribution in [0.4, 0.5) is 15.9 Å². The molecule has 0 atom stereocenters. The summed E-state index contributed by atoms with van der Waals surface area (Å²) in [6.07, 6.45) is 1.33. The number of aryl methyl sites for hydroxylation is 1. The summed E-state index contributed by atoms with van der Waals surface area (Å²) in [5.41, 5.74) is 6.51. The minimum Gasteiger partial charge on any atom is -0.366 e. The molecule has 0 saturated heterocycles. The highest BCUT2D eigenvalue weighted by atomic mass is 35.5. The van der Waals surface area contributed by atoms with Crippen LogP contribution in [0.25, 0.3) is 0 Å². The zero-order valence-corrected chi connectivity index (χ0v) is 10.8. The number of primary amides is 1. The SMILES string of the molecule is Cc1cc(Nc2ncc(C(N)=O)cc2Cl)ccc1F. The molecule has 6 heteroatoms. The van der Waals surface area contributed by atoms with Gasteiger partial charge in [-0.3, -0.25) is 4.79 Å². The molecule has 19 heavy (non-hydrogen) atoms. The lowest BCUT2D eigenvalue weighted by Gasteiger charge is -2.09. The van der Waals surface area contributed by atoms with Gasteiger partial charge >= 0.3 is 0 Å². The Kier molecular flexibility index (Phi) is 3.66. The minimum absolute atomic E-state index is 0.228. The van der Waals surface area contributed by atoms with E-state index >= 15 is 0 Å². The highest BCUT2D eigenvalue weighted by Gasteiger charge is 2.08. The van der Waals surface area contributed by atoms with Crippen LogP contribution >= 0.6 is 11.6 Å². The molecule has 2 rings (SSSR count). The van der Waals surface area contributed by atoms with Crippen molar-refractivity contribution in [1.29, 1.82) is 0 Å². The third-order valence-electron chi connectivity index (χ3n) is 2.55. The van der Waals surface area contributed by atoms with Crippen molar-refractivity contribution in [3.05, 3.63) is 52.4 Å². The van der Waals surface area contributed by atoms with Gasteiger partial charge in [-0.25, -0.2) is 9.37 Å². The van der Waals surface area contributed by atoms with Gasteiger partial charge in [-0.15, -0.1) is 0 Å². The Morgan fingerprint density at radius 1 is 1.42 bits per heavy atom. The largest absolute Gasteiger partial charge is 0.366 e. The fraction of sp³-hybridized carbons (Fsp3) is 0.0769. The van der Waals surface area contributed by atoms with E-state index in [4.69, 9.17) is 17.3 Å². The first-order valence-corrected chi connectivity index (χ1v) is 5.83. The maximum atomic E-state index is 13.1. The van der Waals surface area contributed by atoms with Crippen LogP contribution in [0, 0.1) is 12.7 Å². The predicted molar refractivity (Wildman–Crippen MR) is 72.2 cm³/mol. The lowest BCUT2D eigenvalue weighted by molar-refractivity contribution is 0.1000. The first-order valence-electron chi connectivity index (χ1n) is 5.46. The average molecular weight is 280 g/mol. The summed E-state index contributed by atoms with van der Waals surface area (Å²) < 4.78 is 13.1. The maximum absolute atomic E-state index is 13.1. The van der Waals surface area contributed by atoms with Gasteiger partial charge in [-0.05, 0) is 36.8 Å². The van der Waals surface area contributed by atoms with Crippen LogP contribution in [-0.4, -0.2) is 10.9 Å². The smallest absolute Gasteiger partial charge is 0.250 e. The number of rotatable bonds is 3. The van der Waals surface area contributed by atoms with Crippen LogP contribution in [0.5, 0.6) is 0 Å². The van der Waals surface area contributed by atoms with Gasteiger partial charge in [0.25, 0.3) is 0 Å². The summed E-state index contributed by atoms with van der Waals surface area (Å²) in [6, 6.07) is 5.98. The number of pyridine rings is 1. The number of halogens is 2. The fourth-order valence-corrected chi connectivity index (χ4v) is 1.74. The quantitative estimate of drug-likeness (QED) is 0.907. The number of carbonyl (C=O) groups excluding carboxylic acids is 1. The highest BCUT2D eigenvalue weighted by molar-refractivity contribution is 6.33. The van der Waals surface area contributed by atoms with E-state index in [9.17, 15) is 9.18 Å². The van der Waals surface area contributed by atoms with Crippen LogP contribution in [0.15, 0.2) is 30.5 Å². The molecule has 0 bridgehead atoms. The lowest BCUT2D eigenvalue weighted by Crippen LogP contribution is -2.11. The first-order chi connectivity index (χ1) is 8.97. The number of benzene rings is 1. The van der Waals surface area contributed by atoms with Gasteiger partial charge < -0.3 is 11.1 Å². The van der Waals surface area contributed by atoms with Crippen molar-refractivity contribution in [2.24, 2.45) is 5.73 Å². The van der Waals surface area contributed by atoms with Crippen LogP contribution in [0.1, 0.15) is 15.9 Å². The van der Waals surface area contributed by atoms with Crippen LogP contribution < -0.4 is 11.1 Å². The third kappa shape index (κ3) is 3.00.